The number of hydrogen-bond acceptors (Lipinski definition) is 9. The van der Waals surface area contributed by atoms with Crippen LogP contribution in [-0.4, -0.2) is 47.7 Å². The molecule has 0 spiro atoms. The molecule has 0 aliphatic carbocycles. The number of rotatable bonds is 10. The quantitative estimate of drug-likeness (QED) is 0.562. The second kappa shape index (κ2) is 9.40. The Hall–Kier alpha value is -3.56. The molecule has 0 atom stereocenters. The molecule has 0 aliphatic heterocycles. The minimum atomic E-state index is -0.0820. The van der Waals surface area contributed by atoms with Crippen LogP contribution in [0.5, 0.6) is 46.0 Å². The van der Waals surface area contributed by atoms with Gasteiger partial charge in [-0.05, 0) is 0 Å². The predicted octanol–water partition coefficient (Wildman–Crippen LogP) is 2.80. The van der Waals surface area contributed by atoms with Crippen LogP contribution in [0.2, 0.25) is 0 Å². The van der Waals surface area contributed by atoms with Gasteiger partial charge in [0, 0.05) is 24.3 Å². The van der Waals surface area contributed by atoms with Crippen LogP contribution in [0.3, 0.4) is 0 Å². The Morgan fingerprint density at radius 1 is 0.536 bits per heavy atom. The Labute approximate surface area is 161 Å². The van der Waals surface area contributed by atoms with Crippen molar-refractivity contribution in [2.45, 2.75) is 0 Å². The van der Waals surface area contributed by atoms with E-state index in [9.17, 15) is 4.91 Å². The van der Waals surface area contributed by atoms with Crippen molar-refractivity contribution in [2.24, 2.45) is 0 Å². The van der Waals surface area contributed by atoms with E-state index in [0.717, 1.165) is 0 Å². The molecule has 0 aliphatic rings. The Morgan fingerprint density at radius 2 is 0.821 bits per heavy atom. The van der Waals surface area contributed by atoms with Crippen LogP contribution in [0.15, 0.2) is 24.3 Å². The van der Waals surface area contributed by atoms with Crippen molar-refractivity contribution >= 4 is 0 Å². The third kappa shape index (κ3) is 4.40. The highest BCUT2D eigenvalue weighted by Crippen LogP contribution is 2.42. The Balaban J connectivity index is 2.25. The van der Waals surface area contributed by atoms with Crippen molar-refractivity contribution in [3.63, 3.8) is 0 Å². The fraction of sp³-hybridized carbons (Fsp3) is 0.333. The highest BCUT2D eigenvalue weighted by atomic mass is 17.0. The summed E-state index contributed by atoms with van der Waals surface area (Å²) in [6, 6.07) is 5.80. The minimum Gasteiger partial charge on any atom is -0.493 e. The van der Waals surface area contributed by atoms with Gasteiger partial charge in [-0.3, -0.25) is 0 Å². The van der Waals surface area contributed by atoms with E-state index in [4.69, 9.17) is 38.1 Å². The standard InChI is InChI=1S/C18H22NO9/c1-21-13-7-11(8-14(22-2)17(13)25-5)27-19(20)28-12-9-15(23-3)18(26-6)16(10-12)24-4/h7-10H,1-6H3/q+1. The minimum absolute atomic E-state index is 0.0820. The van der Waals surface area contributed by atoms with E-state index in [0.29, 0.717) is 34.5 Å². The molecular formula is C18H22NO9+. The van der Waals surface area contributed by atoms with Crippen LogP contribution in [-0.2, 0) is 0 Å². The third-order valence-corrected chi connectivity index (χ3v) is 3.64. The molecule has 0 amide bonds. The first-order chi connectivity index (χ1) is 13.5. The second-order valence-electron chi connectivity index (χ2n) is 5.13. The lowest BCUT2D eigenvalue weighted by atomic mass is 10.2. The van der Waals surface area contributed by atoms with E-state index in [1.807, 2.05) is 0 Å². The molecule has 2 rings (SSSR count). The molecule has 10 heteroatoms. The Kier molecular flexibility index (Phi) is 6.96. The predicted molar refractivity (Wildman–Crippen MR) is 97.1 cm³/mol. The van der Waals surface area contributed by atoms with Gasteiger partial charge < -0.3 is 28.4 Å². The topological polar surface area (TPSA) is 93.9 Å². The van der Waals surface area contributed by atoms with Gasteiger partial charge in [0.05, 0.1) is 42.7 Å². The molecular weight excluding hydrogens is 374 g/mol. The van der Waals surface area contributed by atoms with Gasteiger partial charge in [0.15, 0.2) is 23.0 Å². The van der Waals surface area contributed by atoms with Crippen LogP contribution < -0.4 is 38.1 Å². The fourth-order valence-electron chi connectivity index (χ4n) is 2.41. The molecule has 0 N–H and O–H groups in total. The molecule has 2 aromatic rings. The fourth-order valence-corrected chi connectivity index (χ4v) is 2.41. The molecule has 0 radical (unpaired) electrons. The van der Waals surface area contributed by atoms with E-state index in [2.05, 4.69) is 0 Å². The van der Waals surface area contributed by atoms with E-state index < -0.39 is 0 Å². The highest BCUT2D eigenvalue weighted by molar-refractivity contribution is 5.56. The van der Waals surface area contributed by atoms with Gasteiger partial charge in [0.1, 0.15) is 4.91 Å². The van der Waals surface area contributed by atoms with Gasteiger partial charge in [-0.1, -0.05) is 0 Å². The molecule has 0 bridgehead atoms. The Morgan fingerprint density at radius 3 is 1.04 bits per heavy atom. The maximum atomic E-state index is 12.1. The van der Waals surface area contributed by atoms with Crippen LogP contribution in [0.1, 0.15) is 0 Å². The average Bonchev–Trinajstić information content (AvgIpc) is 2.71. The van der Waals surface area contributed by atoms with Crippen molar-refractivity contribution in [2.75, 3.05) is 42.7 Å². The lowest BCUT2D eigenvalue weighted by Gasteiger charge is -2.12. The number of methoxy groups -OCH3 is 6. The number of ether oxygens (including phenoxy) is 6. The summed E-state index contributed by atoms with van der Waals surface area (Å²) in [5.41, 5.74) is 0. The SMILES string of the molecule is COc1cc(O[N+](=O)Oc2cc(OC)c(OC)c(OC)c2)cc(OC)c1OC. The summed E-state index contributed by atoms with van der Waals surface area (Å²) in [6.07, 6.45) is 0. The lowest BCUT2D eigenvalue weighted by molar-refractivity contribution is -0.920. The normalized spacial score (nSPS) is 9.93. The molecule has 152 valence electrons. The first-order valence-electron chi connectivity index (χ1n) is 7.94. The van der Waals surface area contributed by atoms with Gasteiger partial charge in [0.25, 0.3) is 0 Å². The first-order valence-corrected chi connectivity index (χ1v) is 7.94. The maximum absolute atomic E-state index is 12.1. The van der Waals surface area contributed by atoms with Gasteiger partial charge in [-0.15, -0.1) is 9.68 Å². The average molecular weight is 396 g/mol. The summed E-state index contributed by atoms with van der Waals surface area (Å²) in [5.74, 6) is 2.21. The van der Waals surface area contributed by atoms with Crippen LogP contribution in [0.4, 0.5) is 0 Å². The summed E-state index contributed by atoms with van der Waals surface area (Å²) in [5, 5.41) is -0.0820. The summed E-state index contributed by atoms with van der Waals surface area (Å²) in [4.78, 5) is 22.4. The lowest BCUT2D eigenvalue weighted by Crippen LogP contribution is -2.17. The smallest absolute Gasteiger partial charge is 0.489 e. The maximum Gasteiger partial charge on any atom is 0.489 e. The van der Waals surface area contributed by atoms with Crippen molar-refractivity contribution < 1.29 is 43.2 Å². The van der Waals surface area contributed by atoms with Gasteiger partial charge >= 0.3 is 5.09 Å². The van der Waals surface area contributed by atoms with Gasteiger partial charge in [-0.2, -0.15) is 0 Å². The summed E-state index contributed by atoms with van der Waals surface area (Å²) in [6.45, 7) is 0. The van der Waals surface area contributed by atoms with Crippen LogP contribution in [0, 0.1) is 4.91 Å². The van der Waals surface area contributed by atoms with Crippen molar-refractivity contribution in [1.82, 2.24) is 0 Å². The zero-order valence-corrected chi connectivity index (χ0v) is 16.4. The van der Waals surface area contributed by atoms with Crippen molar-refractivity contribution in [1.29, 1.82) is 0 Å². The first kappa shape index (κ1) is 20.7. The molecule has 0 saturated carbocycles. The number of benzene rings is 2. The van der Waals surface area contributed by atoms with E-state index in [-0.39, 0.29) is 16.6 Å². The summed E-state index contributed by atoms with van der Waals surface area (Å²) >= 11 is 0. The van der Waals surface area contributed by atoms with Crippen LogP contribution in [0.25, 0.3) is 0 Å². The molecule has 0 fully saturated rings. The zero-order chi connectivity index (χ0) is 20.7. The molecule has 0 aromatic heterocycles. The van der Waals surface area contributed by atoms with Crippen molar-refractivity contribution in [3.8, 4) is 46.0 Å². The van der Waals surface area contributed by atoms with Crippen LogP contribution >= 0.6 is 0 Å². The van der Waals surface area contributed by atoms with Crippen molar-refractivity contribution in [3.05, 3.63) is 29.2 Å². The second-order valence-corrected chi connectivity index (χ2v) is 5.13. The largest absolute Gasteiger partial charge is 0.493 e. The van der Waals surface area contributed by atoms with E-state index >= 15 is 0 Å². The summed E-state index contributed by atoms with van der Waals surface area (Å²) < 4.78 is 31.3. The molecule has 2 aromatic carbocycles. The molecule has 0 heterocycles. The van der Waals surface area contributed by atoms with E-state index in [1.165, 1.54) is 66.9 Å². The van der Waals surface area contributed by atoms with Gasteiger partial charge in [-0.25, -0.2) is 0 Å². The van der Waals surface area contributed by atoms with E-state index in [1.54, 1.807) is 0 Å². The van der Waals surface area contributed by atoms with Gasteiger partial charge in [0.2, 0.25) is 23.0 Å². The molecule has 28 heavy (non-hydrogen) atoms. The third-order valence-electron chi connectivity index (χ3n) is 3.64. The number of nitrogens with zero attached hydrogens (tertiary/aromatic N) is 1. The number of hydrogen-bond donors (Lipinski definition) is 0. The monoisotopic (exact) mass is 396 g/mol. The molecule has 10 nitrogen and oxygen atoms in total. The Bertz CT molecular complexity index is 720. The molecule has 0 unspecified atom stereocenters. The molecule has 0 saturated heterocycles. The highest BCUT2D eigenvalue weighted by Gasteiger charge is 2.24. The zero-order valence-electron chi connectivity index (χ0n) is 16.4. The summed E-state index contributed by atoms with van der Waals surface area (Å²) in [7, 11) is 8.72.